The molecule has 3 aromatic rings. The van der Waals surface area contributed by atoms with Crippen molar-refractivity contribution in [2.75, 3.05) is 7.11 Å². The van der Waals surface area contributed by atoms with Gasteiger partial charge >= 0.3 is 12.1 Å². The smallest absolute Gasteiger partial charge is 0.417 e. The lowest BCUT2D eigenvalue weighted by Crippen LogP contribution is -2.51. The van der Waals surface area contributed by atoms with Crippen LogP contribution in [0.5, 0.6) is 5.75 Å². The number of ether oxygens (including phenoxy) is 2. The van der Waals surface area contributed by atoms with Gasteiger partial charge in [-0.3, -0.25) is 4.79 Å². The van der Waals surface area contributed by atoms with E-state index in [0.29, 0.717) is 11.1 Å². The number of aliphatic hydroxyl groups is 1. The zero-order valence-electron chi connectivity index (χ0n) is 24.0. The molecule has 0 saturated carbocycles. The van der Waals surface area contributed by atoms with Crippen LogP contribution in [0.15, 0.2) is 71.6 Å². The third kappa shape index (κ3) is 7.02. The fourth-order valence-corrected chi connectivity index (χ4v) is 6.75. The molecule has 3 aromatic carbocycles. The van der Waals surface area contributed by atoms with E-state index in [4.69, 9.17) is 9.47 Å². The van der Waals surface area contributed by atoms with Crippen LogP contribution in [0.1, 0.15) is 55.0 Å². The summed E-state index contributed by atoms with van der Waals surface area (Å²) in [5.74, 6) is -1.97. The Morgan fingerprint density at radius 2 is 1.70 bits per heavy atom. The van der Waals surface area contributed by atoms with Crippen LogP contribution < -0.4 is 9.46 Å². The molecule has 2 N–H and O–H groups in total. The van der Waals surface area contributed by atoms with Gasteiger partial charge in [-0.2, -0.15) is 17.9 Å². The summed E-state index contributed by atoms with van der Waals surface area (Å²) < 4.78 is 96.7. The summed E-state index contributed by atoms with van der Waals surface area (Å²) in [5, 5.41) is 10.9. The van der Waals surface area contributed by atoms with E-state index in [0.717, 1.165) is 17.7 Å². The summed E-state index contributed by atoms with van der Waals surface area (Å²) in [4.78, 5) is 13.1. The second-order valence-electron chi connectivity index (χ2n) is 11.5. The van der Waals surface area contributed by atoms with Gasteiger partial charge < -0.3 is 14.6 Å². The average Bonchev–Trinajstić information content (AvgIpc) is 3.23. The second-order valence-corrected chi connectivity index (χ2v) is 13.2. The van der Waals surface area contributed by atoms with E-state index < -0.39 is 64.0 Å². The molecule has 0 radical (unpaired) electrons. The van der Waals surface area contributed by atoms with Crippen LogP contribution in [-0.2, 0) is 31.4 Å². The van der Waals surface area contributed by atoms with Crippen molar-refractivity contribution in [3.05, 3.63) is 94.8 Å². The predicted octanol–water partition coefficient (Wildman–Crippen LogP) is 5.68. The first kappa shape index (κ1) is 32.4. The van der Waals surface area contributed by atoms with Crippen molar-refractivity contribution in [2.24, 2.45) is 0 Å². The highest BCUT2D eigenvalue weighted by Crippen LogP contribution is 2.46. The number of carbonyl (C=O) groups is 1. The van der Waals surface area contributed by atoms with E-state index in [1.807, 2.05) is 0 Å². The standard InChI is InChI=1S/C31H33F4NO6S/c1-19-9-12-22(13-10-19)43(39,40)36-28-23-8-6-5-7-20(23)15-26(28)42-27(37)17-30(38,31(33,34)35)18-29(2,3)24-16-21(32)11-14-25(24)41-4/h5-14,16,26,28,36,38H,15,17-18H2,1-4H3. The lowest BCUT2D eigenvalue weighted by molar-refractivity contribution is -0.270. The van der Waals surface area contributed by atoms with Gasteiger partial charge in [0.1, 0.15) is 17.7 Å². The number of fused-ring (bicyclic) bond motifs is 1. The number of alkyl halides is 3. The van der Waals surface area contributed by atoms with Gasteiger partial charge in [-0.1, -0.05) is 55.8 Å². The molecular formula is C31H33F4NO6S. The van der Waals surface area contributed by atoms with Gasteiger partial charge in [0.2, 0.25) is 10.0 Å². The van der Waals surface area contributed by atoms with Crippen LogP contribution in [0.4, 0.5) is 17.6 Å². The summed E-state index contributed by atoms with van der Waals surface area (Å²) in [7, 11) is -2.83. The van der Waals surface area contributed by atoms with Gasteiger partial charge in [0, 0.05) is 12.0 Å². The molecule has 0 spiro atoms. The number of nitrogens with one attached hydrogen (secondary N) is 1. The molecule has 0 bridgehead atoms. The molecule has 1 aliphatic carbocycles. The van der Waals surface area contributed by atoms with Gasteiger partial charge in [-0.05, 0) is 60.2 Å². The highest BCUT2D eigenvalue weighted by Gasteiger charge is 2.58. The highest BCUT2D eigenvalue weighted by molar-refractivity contribution is 7.89. The Kier molecular flexibility index (Phi) is 8.97. The molecular weight excluding hydrogens is 590 g/mol. The lowest BCUT2D eigenvalue weighted by Gasteiger charge is -2.38. The van der Waals surface area contributed by atoms with Crippen molar-refractivity contribution >= 4 is 16.0 Å². The van der Waals surface area contributed by atoms with Crippen molar-refractivity contribution in [3.8, 4) is 5.75 Å². The minimum atomic E-state index is -5.27. The summed E-state index contributed by atoms with van der Waals surface area (Å²) in [6.07, 6.45) is -8.90. The Hall–Kier alpha value is -3.48. The van der Waals surface area contributed by atoms with E-state index in [9.17, 15) is 35.9 Å². The first-order chi connectivity index (χ1) is 20.0. The maximum atomic E-state index is 14.4. The molecule has 0 amide bonds. The van der Waals surface area contributed by atoms with Gasteiger partial charge in [0.25, 0.3) is 0 Å². The molecule has 7 nitrogen and oxygen atoms in total. The van der Waals surface area contributed by atoms with Crippen molar-refractivity contribution < 1.29 is 45.4 Å². The van der Waals surface area contributed by atoms with Crippen molar-refractivity contribution in [1.82, 2.24) is 4.72 Å². The number of hydrogen-bond acceptors (Lipinski definition) is 6. The number of aryl methyl sites for hydroxylation is 1. The largest absolute Gasteiger partial charge is 0.496 e. The lowest BCUT2D eigenvalue weighted by atomic mass is 9.73. The van der Waals surface area contributed by atoms with Gasteiger partial charge in [-0.25, -0.2) is 12.8 Å². The zero-order valence-corrected chi connectivity index (χ0v) is 24.9. The molecule has 0 fully saturated rings. The van der Waals surface area contributed by atoms with E-state index >= 15 is 0 Å². The zero-order chi connectivity index (χ0) is 31.8. The van der Waals surface area contributed by atoms with Crippen LogP contribution in [0.25, 0.3) is 0 Å². The molecule has 3 atom stereocenters. The molecule has 0 aliphatic heterocycles. The number of carbonyl (C=O) groups excluding carboxylic acids is 1. The molecule has 4 rings (SSSR count). The molecule has 12 heteroatoms. The third-order valence-electron chi connectivity index (χ3n) is 7.67. The number of methoxy groups -OCH3 is 1. The Labute approximate surface area is 247 Å². The number of rotatable bonds is 10. The van der Waals surface area contributed by atoms with E-state index in [2.05, 4.69) is 4.72 Å². The van der Waals surface area contributed by atoms with Crippen LogP contribution in [0.3, 0.4) is 0 Å². The maximum absolute atomic E-state index is 14.4. The van der Waals surface area contributed by atoms with Gasteiger partial charge in [0.05, 0.1) is 24.5 Å². The molecule has 43 heavy (non-hydrogen) atoms. The monoisotopic (exact) mass is 623 g/mol. The molecule has 0 aromatic heterocycles. The first-order valence-electron chi connectivity index (χ1n) is 13.5. The number of halogens is 4. The highest BCUT2D eigenvalue weighted by atomic mass is 32.2. The predicted molar refractivity (Wildman–Crippen MR) is 150 cm³/mol. The summed E-state index contributed by atoms with van der Waals surface area (Å²) in [6, 6.07) is 15.1. The average molecular weight is 624 g/mol. The molecule has 232 valence electrons. The Morgan fingerprint density at radius 3 is 2.33 bits per heavy atom. The summed E-state index contributed by atoms with van der Waals surface area (Å²) >= 11 is 0. The summed E-state index contributed by atoms with van der Waals surface area (Å²) in [5.41, 5.74) is -2.99. The Morgan fingerprint density at radius 1 is 1.05 bits per heavy atom. The quantitative estimate of drug-likeness (QED) is 0.223. The molecule has 3 unspecified atom stereocenters. The summed E-state index contributed by atoms with van der Waals surface area (Å²) in [6.45, 7) is 4.54. The van der Waals surface area contributed by atoms with E-state index in [1.54, 1.807) is 43.3 Å². The molecule has 0 saturated heterocycles. The van der Waals surface area contributed by atoms with Gasteiger partial charge in [0.15, 0.2) is 5.60 Å². The van der Waals surface area contributed by atoms with Crippen molar-refractivity contribution in [1.29, 1.82) is 0 Å². The van der Waals surface area contributed by atoms with Crippen LogP contribution >= 0.6 is 0 Å². The Balaban J connectivity index is 1.59. The van der Waals surface area contributed by atoms with E-state index in [-0.39, 0.29) is 22.6 Å². The topological polar surface area (TPSA) is 102 Å². The fraction of sp³-hybridized carbons (Fsp3) is 0.387. The van der Waals surface area contributed by atoms with E-state index in [1.165, 1.54) is 39.2 Å². The molecule has 1 aliphatic rings. The number of sulfonamides is 1. The number of benzene rings is 3. The minimum absolute atomic E-state index is 0.0333. The van der Waals surface area contributed by atoms with Crippen LogP contribution in [0.2, 0.25) is 0 Å². The fourth-order valence-electron chi connectivity index (χ4n) is 5.51. The first-order valence-corrected chi connectivity index (χ1v) is 14.9. The van der Waals surface area contributed by atoms with Crippen LogP contribution in [0, 0.1) is 12.7 Å². The van der Waals surface area contributed by atoms with Crippen molar-refractivity contribution in [2.45, 2.75) is 74.3 Å². The SMILES string of the molecule is COc1ccc(F)cc1C(C)(C)CC(O)(CC(=O)OC1Cc2ccccc2C1NS(=O)(=O)c1ccc(C)cc1)C(F)(F)F. The Bertz CT molecular complexity index is 1590. The number of hydrogen-bond donors (Lipinski definition) is 2. The van der Waals surface area contributed by atoms with Gasteiger partial charge in [-0.15, -0.1) is 0 Å². The normalized spacial score (nSPS) is 18.5. The second kappa shape index (κ2) is 11.9. The molecule has 0 heterocycles. The minimum Gasteiger partial charge on any atom is -0.496 e. The number of esters is 1. The van der Waals surface area contributed by atoms with Crippen LogP contribution in [-0.4, -0.2) is 44.5 Å². The maximum Gasteiger partial charge on any atom is 0.417 e. The van der Waals surface area contributed by atoms with Crippen molar-refractivity contribution in [3.63, 3.8) is 0 Å². The third-order valence-corrected chi connectivity index (χ3v) is 9.13.